The zero-order valence-corrected chi connectivity index (χ0v) is 21.6. The van der Waals surface area contributed by atoms with Crippen molar-refractivity contribution in [3.05, 3.63) is 95.6 Å². The van der Waals surface area contributed by atoms with Gasteiger partial charge in [-0.1, -0.05) is 36.4 Å². The van der Waals surface area contributed by atoms with E-state index in [-0.39, 0.29) is 36.3 Å². The Hall–Kier alpha value is -4.28. The summed E-state index contributed by atoms with van der Waals surface area (Å²) in [6.45, 7) is 0.651. The maximum Gasteiger partial charge on any atom is 0.251 e. The van der Waals surface area contributed by atoms with Gasteiger partial charge in [-0.05, 0) is 60.4 Å². The number of carbonyl (C=O) groups excluding carboxylic acids is 4. The summed E-state index contributed by atoms with van der Waals surface area (Å²) in [4.78, 5) is 53.4. The van der Waals surface area contributed by atoms with Crippen molar-refractivity contribution in [1.29, 1.82) is 0 Å². The van der Waals surface area contributed by atoms with Gasteiger partial charge in [0.2, 0.25) is 11.8 Å². The van der Waals surface area contributed by atoms with E-state index in [1.807, 2.05) is 0 Å². The van der Waals surface area contributed by atoms with E-state index in [2.05, 4.69) is 10.6 Å². The van der Waals surface area contributed by atoms with Crippen LogP contribution < -0.4 is 20.4 Å². The van der Waals surface area contributed by atoms with E-state index in [1.54, 1.807) is 36.4 Å². The number of amides is 4. The molecule has 40 heavy (non-hydrogen) atoms. The lowest BCUT2D eigenvalue weighted by molar-refractivity contribution is -0.123. The summed E-state index contributed by atoms with van der Waals surface area (Å²) in [7, 11) is 0. The van der Waals surface area contributed by atoms with Crippen molar-refractivity contribution >= 4 is 35.0 Å². The molecule has 3 aromatic rings. The molecule has 3 aromatic carbocycles. The van der Waals surface area contributed by atoms with Crippen molar-refractivity contribution in [3.8, 4) is 0 Å². The van der Waals surface area contributed by atoms with Crippen LogP contribution in [0.1, 0.15) is 24.0 Å². The summed E-state index contributed by atoms with van der Waals surface area (Å²) in [5.41, 5.74) is 1.70. The molecule has 10 heteroatoms. The zero-order chi connectivity index (χ0) is 28.2. The lowest BCUT2D eigenvalue weighted by atomic mass is 10.1. The predicted octanol–water partition coefficient (Wildman–Crippen LogP) is 2.89. The summed E-state index contributed by atoms with van der Waals surface area (Å²) in [6.07, 6.45) is 0.689. The number of benzene rings is 3. The van der Waals surface area contributed by atoms with Crippen molar-refractivity contribution < 1.29 is 28.0 Å². The second kappa shape index (κ2) is 11.8. The SMILES string of the molecule is O=C1CC(NCCc2ccccc2F)C(=O)N1c1ccc(N2C(=O)CC(NCCc3ccccc3F)C2=O)cc1. The zero-order valence-electron chi connectivity index (χ0n) is 21.6. The number of carbonyl (C=O) groups is 4. The molecule has 4 amide bonds. The number of anilines is 2. The molecule has 0 aliphatic carbocycles. The van der Waals surface area contributed by atoms with Crippen LogP contribution in [-0.2, 0) is 32.0 Å². The average Bonchev–Trinajstić information content (AvgIpc) is 3.39. The molecule has 2 saturated heterocycles. The Balaban J connectivity index is 1.17. The van der Waals surface area contributed by atoms with Crippen molar-refractivity contribution in [2.24, 2.45) is 0 Å². The van der Waals surface area contributed by atoms with Crippen LogP contribution in [0.25, 0.3) is 0 Å². The lowest BCUT2D eigenvalue weighted by Gasteiger charge is -2.19. The Labute approximate surface area is 230 Å². The second-order valence-electron chi connectivity index (χ2n) is 9.76. The molecule has 2 aliphatic rings. The lowest BCUT2D eigenvalue weighted by Crippen LogP contribution is -2.40. The van der Waals surface area contributed by atoms with E-state index >= 15 is 0 Å². The van der Waals surface area contributed by atoms with Gasteiger partial charge in [-0.15, -0.1) is 0 Å². The van der Waals surface area contributed by atoms with Gasteiger partial charge in [-0.2, -0.15) is 0 Å². The van der Waals surface area contributed by atoms with Crippen molar-refractivity contribution in [2.75, 3.05) is 22.9 Å². The molecule has 0 spiro atoms. The Bertz CT molecular complexity index is 1340. The first-order valence-corrected chi connectivity index (χ1v) is 13.1. The molecule has 2 atom stereocenters. The first-order chi connectivity index (χ1) is 19.3. The van der Waals surface area contributed by atoms with Crippen LogP contribution in [-0.4, -0.2) is 48.8 Å². The largest absolute Gasteiger partial charge is 0.305 e. The molecule has 0 bridgehead atoms. The number of hydrogen-bond donors (Lipinski definition) is 2. The third-order valence-corrected chi connectivity index (χ3v) is 7.15. The van der Waals surface area contributed by atoms with Gasteiger partial charge in [0.15, 0.2) is 0 Å². The van der Waals surface area contributed by atoms with Gasteiger partial charge in [0, 0.05) is 13.1 Å². The maximum atomic E-state index is 13.8. The van der Waals surface area contributed by atoms with Gasteiger partial charge < -0.3 is 10.6 Å². The Morgan fingerprint density at radius 1 is 0.600 bits per heavy atom. The standard InChI is InChI=1S/C30H28F2N4O4/c31-23-7-3-1-5-19(23)13-15-33-25-17-27(37)35(29(25)39)21-9-11-22(12-10-21)36-28(38)18-26(30(36)40)34-16-14-20-6-2-4-8-24(20)32/h1-12,25-26,33-34H,13-18H2. The highest BCUT2D eigenvalue weighted by molar-refractivity contribution is 6.24. The summed E-state index contributed by atoms with van der Waals surface area (Å²) >= 11 is 0. The van der Waals surface area contributed by atoms with E-state index in [9.17, 15) is 28.0 Å². The van der Waals surface area contributed by atoms with E-state index < -0.39 is 23.9 Å². The fourth-order valence-corrected chi connectivity index (χ4v) is 5.04. The van der Waals surface area contributed by atoms with Crippen molar-refractivity contribution in [1.82, 2.24) is 10.6 Å². The van der Waals surface area contributed by atoms with E-state index in [4.69, 9.17) is 0 Å². The summed E-state index contributed by atoms with van der Waals surface area (Å²) in [5.74, 6) is -2.24. The average molecular weight is 547 g/mol. The predicted molar refractivity (Wildman–Crippen MR) is 144 cm³/mol. The number of nitrogens with zero attached hydrogens (tertiary/aromatic N) is 2. The smallest absolute Gasteiger partial charge is 0.251 e. The first-order valence-electron chi connectivity index (χ1n) is 13.1. The summed E-state index contributed by atoms with van der Waals surface area (Å²) < 4.78 is 27.7. The molecule has 8 nitrogen and oxygen atoms in total. The van der Waals surface area contributed by atoms with E-state index in [1.165, 1.54) is 36.4 Å². The minimum Gasteiger partial charge on any atom is -0.305 e. The summed E-state index contributed by atoms with van der Waals surface area (Å²) in [5, 5.41) is 6.07. The fraction of sp³-hybridized carbons (Fsp3) is 0.267. The number of hydrogen-bond acceptors (Lipinski definition) is 6. The van der Waals surface area contributed by atoms with Gasteiger partial charge >= 0.3 is 0 Å². The Kier molecular flexibility index (Phi) is 8.09. The fourth-order valence-electron chi connectivity index (χ4n) is 5.04. The van der Waals surface area contributed by atoms with Crippen LogP contribution in [0.15, 0.2) is 72.8 Å². The minimum atomic E-state index is -0.725. The van der Waals surface area contributed by atoms with Gasteiger partial charge in [-0.25, -0.2) is 18.6 Å². The molecule has 206 valence electrons. The highest BCUT2D eigenvalue weighted by Gasteiger charge is 2.41. The summed E-state index contributed by atoms with van der Waals surface area (Å²) in [6, 6.07) is 17.4. The second-order valence-corrected chi connectivity index (χ2v) is 9.76. The third kappa shape index (κ3) is 5.68. The molecule has 0 saturated carbocycles. The minimum absolute atomic E-state index is 0.0266. The topological polar surface area (TPSA) is 98.8 Å². The molecule has 5 rings (SSSR count). The van der Waals surface area contributed by atoms with Crippen molar-refractivity contribution in [3.63, 3.8) is 0 Å². The van der Waals surface area contributed by atoms with Crippen LogP contribution in [0.4, 0.5) is 20.2 Å². The van der Waals surface area contributed by atoms with Gasteiger partial charge in [0.05, 0.1) is 36.3 Å². The highest BCUT2D eigenvalue weighted by Crippen LogP contribution is 2.28. The number of imide groups is 2. The Morgan fingerprint density at radius 2 is 0.975 bits per heavy atom. The number of nitrogens with one attached hydrogen (secondary N) is 2. The van der Waals surface area contributed by atoms with E-state index in [0.29, 0.717) is 48.4 Å². The number of halogens is 2. The molecule has 2 heterocycles. The number of rotatable bonds is 10. The molecule has 0 aromatic heterocycles. The third-order valence-electron chi connectivity index (χ3n) is 7.15. The van der Waals surface area contributed by atoms with Crippen LogP contribution >= 0.6 is 0 Å². The molecule has 0 radical (unpaired) electrons. The normalized spacial score (nSPS) is 19.2. The monoisotopic (exact) mass is 546 g/mol. The molecular formula is C30H28F2N4O4. The maximum absolute atomic E-state index is 13.8. The molecular weight excluding hydrogens is 518 g/mol. The molecule has 2 N–H and O–H groups in total. The van der Waals surface area contributed by atoms with Crippen LogP contribution in [0.5, 0.6) is 0 Å². The first kappa shape index (κ1) is 27.3. The molecule has 2 aliphatic heterocycles. The van der Waals surface area contributed by atoms with Crippen LogP contribution in [0.3, 0.4) is 0 Å². The quantitative estimate of drug-likeness (QED) is 0.380. The van der Waals surface area contributed by atoms with Crippen molar-refractivity contribution in [2.45, 2.75) is 37.8 Å². The van der Waals surface area contributed by atoms with Gasteiger partial charge in [-0.3, -0.25) is 19.2 Å². The van der Waals surface area contributed by atoms with Crippen LogP contribution in [0.2, 0.25) is 0 Å². The van der Waals surface area contributed by atoms with Crippen LogP contribution in [0, 0.1) is 11.6 Å². The molecule has 2 unspecified atom stereocenters. The highest BCUT2D eigenvalue weighted by atomic mass is 19.1. The Morgan fingerprint density at radius 3 is 1.35 bits per heavy atom. The van der Waals surface area contributed by atoms with Gasteiger partial charge in [0.25, 0.3) is 11.8 Å². The molecule has 2 fully saturated rings. The van der Waals surface area contributed by atoms with Gasteiger partial charge in [0.1, 0.15) is 11.6 Å². The van der Waals surface area contributed by atoms with E-state index in [0.717, 1.165) is 9.80 Å².